The van der Waals surface area contributed by atoms with E-state index in [1.807, 2.05) is 30.5 Å². The monoisotopic (exact) mass is 287 g/mol. The van der Waals surface area contributed by atoms with Gasteiger partial charge in [0.15, 0.2) is 0 Å². The van der Waals surface area contributed by atoms with E-state index >= 15 is 0 Å². The van der Waals surface area contributed by atoms with Gasteiger partial charge in [0.1, 0.15) is 11.6 Å². The van der Waals surface area contributed by atoms with Crippen LogP contribution in [-0.4, -0.2) is 11.5 Å². The summed E-state index contributed by atoms with van der Waals surface area (Å²) in [5.74, 6) is 0. The van der Waals surface area contributed by atoms with E-state index in [9.17, 15) is 10.1 Å². The Hall–Kier alpha value is -2.39. The van der Waals surface area contributed by atoms with Gasteiger partial charge in [0.25, 0.3) is 5.69 Å². The molecule has 1 heterocycles. The molecular formula is C14H13N3O2S. The number of anilines is 1. The summed E-state index contributed by atoms with van der Waals surface area (Å²) in [6, 6.07) is 10.6. The van der Waals surface area contributed by atoms with Gasteiger partial charge in [-0.2, -0.15) is 5.26 Å². The Kier molecular flexibility index (Phi) is 4.33. The molecular weight excluding hydrogens is 274 g/mol. The van der Waals surface area contributed by atoms with Crippen molar-refractivity contribution in [1.82, 2.24) is 0 Å². The van der Waals surface area contributed by atoms with Crippen LogP contribution < -0.4 is 4.90 Å². The fraction of sp³-hybridized carbons (Fsp3) is 0.214. The molecule has 0 saturated carbocycles. The maximum atomic E-state index is 10.8. The fourth-order valence-electron chi connectivity index (χ4n) is 1.95. The Bertz CT molecular complexity index is 647. The minimum Gasteiger partial charge on any atom is -0.367 e. The largest absolute Gasteiger partial charge is 0.367 e. The van der Waals surface area contributed by atoms with Crippen LogP contribution in [0, 0.1) is 21.4 Å². The van der Waals surface area contributed by atoms with Crippen LogP contribution in [0.4, 0.5) is 11.4 Å². The molecule has 2 aromatic rings. The van der Waals surface area contributed by atoms with Gasteiger partial charge in [-0.15, -0.1) is 11.3 Å². The van der Waals surface area contributed by atoms with E-state index in [4.69, 9.17) is 5.26 Å². The third-order valence-corrected chi connectivity index (χ3v) is 3.83. The van der Waals surface area contributed by atoms with E-state index in [1.165, 1.54) is 10.9 Å². The second kappa shape index (κ2) is 6.17. The highest BCUT2D eigenvalue weighted by molar-refractivity contribution is 7.09. The molecule has 1 aromatic heterocycles. The first-order valence-corrected chi connectivity index (χ1v) is 6.99. The van der Waals surface area contributed by atoms with Gasteiger partial charge < -0.3 is 4.90 Å². The molecule has 0 fully saturated rings. The normalized spacial score (nSPS) is 10.0. The molecule has 0 radical (unpaired) electrons. The van der Waals surface area contributed by atoms with Crippen molar-refractivity contribution in [3.63, 3.8) is 0 Å². The third-order valence-electron chi connectivity index (χ3n) is 2.97. The summed E-state index contributed by atoms with van der Waals surface area (Å²) in [5.41, 5.74) is 0.767. The quantitative estimate of drug-likeness (QED) is 0.622. The fourth-order valence-corrected chi connectivity index (χ4v) is 2.67. The maximum absolute atomic E-state index is 10.8. The van der Waals surface area contributed by atoms with Gasteiger partial charge in [0.2, 0.25) is 0 Å². The van der Waals surface area contributed by atoms with Crippen molar-refractivity contribution in [3.8, 4) is 6.07 Å². The first-order valence-electron chi connectivity index (χ1n) is 6.11. The molecule has 0 aliphatic carbocycles. The van der Waals surface area contributed by atoms with Crippen LogP contribution in [0.15, 0.2) is 35.7 Å². The number of thiophene rings is 1. The maximum Gasteiger partial charge on any atom is 0.287 e. The molecule has 6 heteroatoms. The number of benzene rings is 1. The second-order valence-corrected chi connectivity index (χ2v) is 5.20. The first-order chi connectivity index (χ1) is 9.65. The lowest BCUT2D eigenvalue weighted by Crippen LogP contribution is -2.21. The van der Waals surface area contributed by atoms with E-state index in [-0.39, 0.29) is 11.3 Å². The van der Waals surface area contributed by atoms with E-state index in [1.54, 1.807) is 23.5 Å². The van der Waals surface area contributed by atoms with Gasteiger partial charge in [-0.25, -0.2) is 0 Å². The summed E-state index contributed by atoms with van der Waals surface area (Å²) in [7, 11) is 0. The van der Waals surface area contributed by atoms with Gasteiger partial charge in [-0.1, -0.05) is 6.07 Å². The predicted molar refractivity (Wildman–Crippen MR) is 78.9 cm³/mol. The highest BCUT2D eigenvalue weighted by atomic mass is 32.1. The molecule has 0 unspecified atom stereocenters. The SMILES string of the molecule is CCN(Cc1cccs1)c1ccc([N+](=O)[O-])c(C#N)c1. The van der Waals surface area contributed by atoms with Crippen molar-refractivity contribution in [2.45, 2.75) is 13.5 Å². The lowest BCUT2D eigenvalue weighted by atomic mass is 10.1. The minimum absolute atomic E-state index is 0.0946. The topological polar surface area (TPSA) is 70.2 Å². The van der Waals surface area contributed by atoms with Gasteiger partial charge in [-0.3, -0.25) is 10.1 Å². The summed E-state index contributed by atoms with van der Waals surface area (Å²) >= 11 is 1.66. The number of nitro groups is 1. The predicted octanol–water partition coefficient (Wildman–Crippen LogP) is 3.55. The Morgan fingerprint density at radius 2 is 2.25 bits per heavy atom. The molecule has 0 atom stereocenters. The average molecular weight is 287 g/mol. The lowest BCUT2D eigenvalue weighted by molar-refractivity contribution is -0.385. The summed E-state index contributed by atoms with van der Waals surface area (Å²) in [6.45, 7) is 3.51. The third kappa shape index (κ3) is 2.95. The van der Waals surface area contributed by atoms with Gasteiger partial charge in [0.05, 0.1) is 11.5 Å². The molecule has 0 aliphatic rings. The summed E-state index contributed by atoms with van der Waals surface area (Å²) in [6.07, 6.45) is 0. The minimum atomic E-state index is -0.530. The zero-order valence-electron chi connectivity index (χ0n) is 10.9. The summed E-state index contributed by atoms with van der Waals surface area (Å²) in [5, 5.41) is 21.9. The number of rotatable bonds is 5. The van der Waals surface area contributed by atoms with Crippen molar-refractivity contribution in [2.75, 3.05) is 11.4 Å². The smallest absolute Gasteiger partial charge is 0.287 e. The van der Waals surface area contributed by atoms with E-state index in [0.717, 1.165) is 18.8 Å². The average Bonchev–Trinajstić information content (AvgIpc) is 2.96. The lowest BCUT2D eigenvalue weighted by Gasteiger charge is -2.22. The molecule has 0 aliphatic heterocycles. The molecule has 5 nitrogen and oxygen atoms in total. The van der Waals surface area contributed by atoms with Crippen molar-refractivity contribution in [2.24, 2.45) is 0 Å². The van der Waals surface area contributed by atoms with Crippen LogP contribution >= 0.6 is 11.3 Å². The van der Waals surface area contributed by atoms with Crippen molar-refractivity contribution < 1.29 is 4.92 Å². The Morgan fingerprint density at radius 3 is 2.80 bits per heavy atom. The molecule has 0 N–H and O–H groups in total. The highest BCUT2D eigenvalue weighted by Gasteiger charge is 2.16. The van der Waals surface area contributed by atoms with Crippen LogP contribution in [0.1, 0.15) is 17.4 Å². The number of hydrogen-bond acceptors (Lipinski definition) is 5. The number of nitro benzene ring substituents is 1. The number of hydrogen-bond donors (Lipinski definition) is 0. The summed E-state index contributed by atoms with van der Waals surface area (Å²) in [4.78, 5) is 13.6. The second-order valence-electron chi connectivity index (χ2n) is 4.16. The molecule has 0 bridgehead atoms. The van der Waals surface area contributed by atoms with E-state index in [0.29, 0.717) is 0 Å². The zero-order valence-corrected chi connectivity index (χ0v) is 11.8. The zero-order chi connectivity index (χ0) is 14.5. The number of nitrogens with zero attached hydrogens (tertiary/aromatic N) is 3. The Labute approximate surface area is 120 Å². The van der Waals surface area contributed by atoms with Crippen molar-refractivity contribution in [3.05, 3.63) is 56.3 Å². The number of nitriles is 1. The molecule has 0 spiro atoms. The van der Waals surface area contributed by atoms with Gasteiger partial charge in [-0.05, 0) is 30.5 Å². The van der Waals surface area contributed by atoms with Crippen LogP contribution in [0.5, 0.6) is 0 Å². The van der Waals surface area contributed by atoms with Gasteiger partial charge >= 0.3 is 0 Å². The van der Waals surface area contributed by atoms with E-state index in [2.05, 4.69) is 4.90 Å². The molecule has 2 rings (SSSR count). The van der Waals surface area contributed by atoms with Crippen LogP contribution in [-0.2, 0) is 6.54 Å². The van der Waals surface area contributed by atoms with Crippen molar-refractivity contribution >= 4 is 22.7 Å². The van der Waals surface area contributed by atoms with Crippen LogP contribution in [0.2, 0.25) is 0 Å². The molecule has 0 amide bonds. The van der Waals surface area contributed by atoms with Gasteiger partial charge in [0, 0.05) is 23.2 Å². The highest BCUT2D eigenvalue weighted by Crippen LogP contribution is 2.26. The standard InChI is InChI=1S/C14H13N3O2S/c1-2-16(10-13-4-3-7-20-13)12-5-6-14(17(18)19)11(8-12)9-15/h3-8H,2,10H2,1H3. The van der Waals surface area contributed by atoms with Crippen LogP contribution in [0.25, 0.3) is 0 Å². The summed E-state index contributed by atoms with van der Waals surface area (Å²) < 4.78 is 0. The van der Waals surface area contributed by atoms with Crippen LogP contribution in [0.3, 0.4) is 0 Å². The first kappa shape index (κ1) is 14.0. The molecule has 20 heavy (non-hydrogen) atoms. The van der Waals surface area contributed by atoms with E-state index < -0.39 is 4.92 Å². The Morgan fingerprint density at radius 1 is 1.45 bits per heavy atom. The Balaban J connectivity index is 2.31. The van der Waals surface area contributed by atoms with Crippen molar-refractivity contribution in [1.29, 1.82) is 5.26 Å². The molecule has 102 valence electrons. The molecule has 1 aromatic carbocycles. The molecule has 0 saturated heterocycles.